The van der Waals surface area contributed by atoms with E-state index >= 15 is 0 Å². The van der Waals surface area contributed by atoms with Crippen LogP contribution in [0.15, 0.2) is 28.7 Å². The molecule has 17 heavy (non-hydrogen) atoms. The van der Waals surface area contributed by atoms with Crippen LogP contribution in [0.1, 0.15) is 5.56 Å². The molecule has 0 saturated carbocycles. The van der Waals surface area contributed by atoms with E-state index in [1.165, 1.54) is 0 Å². The highest BCUT2D eigenvalue weighted by atomic mass is 79.9. The Kier molecular flexibility index (Phi) is 3.62. The van der Waals surface area contributed by atoms with Gasteiger partial charge in [0.25, 0.3) is 0 Å². The smallest absolute Gasteiger partial charge is 0.141 e. The maximum Gasteiger partial charge on any atom is 0.141 e. The lowest BCUT2D eigenvalue weighted by atomic mass is 9.93. The summed E-state index contributed by atoms with van der Waals surface area (Å²) in [7, 11) is 5.51. The van der Waals surface area contributed by atoms with Crippen molar-refractivity contribution in [3.05, 3.63) is 34.3 Å². The molecular weight excluding hydrogens is 279 g/mol. The third-order valence-corrected chi connectivity index (χ3v) is 3.76. The largest absolute Gasteiger partial charge is 0.496 e. The second-order valence-corrected chi connectivity index (χ2v) is 4.55. The number of hydrogen-bond acceptors (Lipinski definition) is 2. The highest BCUT2D eigenvalue weighted by Gasteiger charge is 2.17. The molecule has 2 aromatic rings. The van der Waals surface area contributed by atoms with Crippen LogP contribution in [0.25, 0.3) is 10.8 Å². The number of hydrogen-bond donors (Lipinski definition) is 0. The van der Waals surface area contributed by atoms with Crippen molar-refractivity contribution in [2.24, 2.45) is 0 Å². The van der Waals surface area contributed by atoms with E-state index in [4.69, 9.17) is 9.47 Å². The highest BCUT2D eigenvalue weighted by molar-refractivity contribution is 9.10. The summed E-state index contributed by atoms with van der Waals surface area (Å²) in [5.74, 6) is 1.80. The molecule has 2 aromatic carbocycles. The molecule has 0 aliphatic carbocycles. The van der Waals surface area contributed by atoms with E-state index in [9.17, 15) is 0 Å². The lowest BCUT2D eigenvalue weighted by molar-refractivity contribution is 0.405. The summed E-state index contributed by atoms with van der Waals surface area (Å²) < 4.78 is 12.0. The molecule has 2 nitrogen and oxygen atoms in total. The van der Waals surface area contributed by atoms with Crippen molar-refractivity contribution in [2.45, 2.75) is 6.32 Å². The van der Waals surface area contributed by atoms with Crippen LogP contribution in [0, 0.1) is 0 Å². The van der Waals surface area contributed by atoms with Crippen LogP contribution in [-0.4, -0.2) is 22.1 Å². The van der Waals surface area contributed by atoms with Crippen molar-refractivity contribution in [1.29, 1.82) is 0 Å². The van der Waals surface area contributed by atoms with Crippen molar-refractivity contribution in [3.63, 3.8) is 0 Å². The van der Waals surface area contributed by atoms with Gasteiger partial charge in [-0.3, -0.25) is 0 Å². The molecule has 2 rings (SSSR count). The summed E-state index contributed by atoms with van der Waals surface area (Å²) in [6.45, 7) is 0. The summed E-state index contributed by atoms with van der Waals surface area (Å²) in [6.07, 6.45) is 0.894. The highest BCUT2D eigenvalue weighted by Crippen LogP contribution is 2.43. The lowest BCUT2D eigenvalue weighted by Crippen LogP contribution is -1.98. The molecule has 0 amide bonds. The zero-order chi connectivity index (χ0) is 12.4. The first-order valence-electron chi connectivity index (χ1n) is 5.55. The Hall–Kier alpha value is -1.16. The first-order chi connectivity index (χ1) is 8.24. The van der Waals surface area contributed by atoms with Gasteiger partial charge in [0.2, 0.25) is 0 Å². The maximum atomic E-state index is 5.54. The third-order valence-electron chi connectivity index (χ3n) is 2.92. The van der Waals surface area contributed by atoms with Crippen LogP contribution >= 0.6 is 15.9 Å². The maximum absolute atomic E-state index is 5.54. The standard InChI is InChI=1S/C13H14BBrO2/c1-16-12-8-5-3-4-6-9(8)13(17-2)11(15)10(12)7-14/h3-6H,7,14H2,1-2H3. The third kappa shape index (κ3) is 1.91. The van der Waals surface area contributed by atoms with Gasteiger partial charge in [0.05, 0.1) is 18.7 Å². The van der Waals surface area contributed by atoms with E-state index in [-0.39, 0.29) is 0 Å². The quantitative estimate of drug-likeness (QED) is 0.810. The molecular formula is C13H14BBrO2. The van der Waals surface area contributed by atoms with Gasteiger partial charge in [-0.2, -0.15) is 0 Å². The molecule has 4 heteroatoms. The predicted molar refractivity (Wildman–Crippen MR) is 77.0 cm³/mol. The number of methoxy groups -OCH3 is 2. The van der Waals surface area contributed by atoms with E-state index in [1.807, 2.05) is 18.2 Å². The van der Waals surface area contributed by atoms with Crippen molar-refractivity contribution in [2.75, 3.05) is 14.2 Å². The zero-order valence-corrected chi connectivity index (χ0v) is 11.8. The Balaban J connectivity index is 2.93. The Morgan fingerprint density at radius 3 is 2.06 bits per heavy atom. The van der Waals surface area contributed by atoms with Crippen molar-refractivity contribution < 1.29 is 9.47 Å². The first kappa shape index (κ1) is 12.3. The minimum Gasteiger partial charge on any atom is -0.496 e. The molecule has 0 unspecified atom stereocenters. The second kappa shape index (κ2) is 5.00. The van der Waals surface area contributed by atoms with Crippen LogP contribution in [-0.2, 0) is 6.32 Å². The van der Waals surface area contributed by atoms with Gasteiger partial charge in [-0.25, -0.2) is 0 Å². The van der Waals surface area contributed by atoms with Crippen molar-refractivity contribution >= 4 is 34.5 Å². The van der Waals surface area contributed by atoms with Gasteiger partial charge in [-0.15, -0.1) is 0 Å². The van der Waals surface area contributed by atoms with Gasteiger partial charge in [0.15, 0.2) is 0 Å². The van der Waals surface area contributed by atoms with Crippen LogP contribution in [0.4, 0.5) is 0 Å². The SMILES string of the molecule is BCc1c(Br)c(OC)c2ccccc2c1OC. The second-order valence-electron chi connectivity index (χ2n) is 3.76. The molecule has 0 aliphatic heterocycles. The normalized spacial score (nSPS) is 10.5. The van der Waals surface area contributed by atoms with Gasteiger partial charge in [-0.05, 0) is 15.9 Å². The van der Waals surface area contributed by atoms with Crippen LogP contribution in [0.2, 0.25) is 0 Å². The molecule has 88 valence electrons. The molecule has 0 heterocycles. The number of halogens is 1. The molecule has 0 aromatic heterocycles. The molecule has 0 saturated heterocycles. The fourth-order valence-electron chi connectivity index (χ4n) is 2.15. The number of rotatable bonds is 3. The van der Waals surface area contributed by atoms with E-state index in [2.05, 4.69) is 29.8 Å². The Labute approximate surface area is 110 Å². The molecule has 0 radical (unpaired) electrons. The van der Waals surface area contributed by atoms with E-state index in [0.717, 1.165) is 38.6 Å². The van der Waals surface area contributed by atoms with Crippen LogP contribution in [0.3, 0.4) is 0 Å². The van der Waals surface area contributed by atoms with E-state index in [0.29, 0.717) is 0 Å². The van der Waals surface area contributed by atoms with Crippen LogP contribution in [0.5, 0.6) is 11.5 Å². The molecule has 0 N–H and O–H groups in total. The van der Waals surface area contributed by atoms with Gasteiger partial charge >= 0.3 is 0 Å². The zero-order valence-electron chi connectivity index (χ0n) is 10.2. The summed E-state index contributed by atoms with van der Waals surface area (Å²) in [5, 5.41) is 2.16. The van der Waals surface area contributed by atoms with Crippen molar-refractivity contribution in [1.82, 2.24) is 0 Å². The summed E-state index contributed by atoms with van der Waals surface area (Å²) >= 11 is 3.61. The van der Waals surface area contributed by atoms with E-state index in [1.54, 1.807) is 14.2 Å². The molecule has 0 fully saturated rings. The van der Waals surface area contributed by atoms with Gasteiger partial charge in [0, 0.05) is 16.3 Å². The fourth-order valence-corrected chi connectivity index (χ4v) is 2.98. The Bertz CT molecular complexity index is 555. The average molecular weight is 293 g/mol. The summed E-state index contributed by atoms with van der Waals surface area (Å²) in [5.41, 5.74) is 1.14. The fraction of sp³-hybridized carbons (Fsp3) is 0.231. The summed E-state index contributed by atoms with van der Waals surface area (Å²) in [4.78, 5) is 0. The molecule has 0 aliphatic rings. The van der Waals surface area contributed by atoms with Gasteiger partial charge < -0.3 is 9.47 Å². The minimum absolute atomic E-state index is 0.873. The topological polar surface area (TPSA) is 18.5 Å². The van der Waals surface area contributed by atoms with Crippen molar-refractivity contribution in [3.8, 4) is 11.5 Å². The van der Waals surface area contributed by atoms with Crippen LogP contribution < -0.4 is 9.47 Å². The lowest BCUT2D eigenvalue weighted by Gasteiger charge is -2.16. The first-order valence-corrected chi connectivity index (χ1v) is 6.34. The Morgan fingerprint density at radius 1 is 1.06 bits per heavy atom. The number of benzene rings is 2. The molecule has 0 atom stereocenters. The number of fused-ring (bicyclic) bond motifs is 1. The average Bonchev–Trinajstić information content (AvgIpc) is 2.37. The minimum atomic E-state index is 0.873. The Morgan fingerprint density at radius 2 is 1.59 bits per heavy atom. The monoisotopic (exact) mass is 292 g/mol. The molecule has 0 bridgehead atoms. The van der Waals surface area contributed by atoms with Gasteiger partial charge in [-0.1, -0.05) is 30.6 Å². The predicted octanol–water partition coefficient (Wildman–Crippen LogP) is 2.75. The van der Waals surface area contributed by atoms with E-state index < -0.39 is 0 Å². The molecule has 0 spiro atoms. The number of ether oxygens (including phenoxy) is 2. The van der Waals surface area contributed by atoms with Gasteiger partial charge in [0.1, 0.15) is 19.3 Å². The summed E-state index contributed by atoms with van der Waals surface area (Å²) in [6, 6.07) is 8.11.